The van der Waals surface area contributed by atoms with Crippen molar-refractivity contribution >= 4 is 0 Å². The number of aliphatic hydroxyl groups excluding tert-OH is 1. The van der Waals surface area contributed by atoms with Crippen molar-refractivity contribution in [1.82, 2.24) is 4.90 Å². The predicted molar refractivity (Wildman–Crippen MR) is 43.4 cm³/mol. The SMILES string of the molecule is CCN1CC[C@](C)(O)[C@H](O)C1. The Morgan fingerprint density at radius 2 is 2.27 bits per heavy atom. The maximum absolute atomic E-state index is 9.58. The van der Waals surface area contributed by atoms with Crippen molar-refractivity contribution in [3.8, 4) is 0 Å². The van der Waals surface area contributed by atoms with Crippen LogP contribution in [0.5, 0.6) is 0 Å². The van der Waals surface area contributed by atoms with E-state index in [2.05, 4.69) is 11.8 Å². The van der Waals surface area contributed by atoms with E-state index >= 15 is 0 Å². The Kier molecular flexibility index (Phi) is 2.52. The van der Waals surface area contributed by atoms with E-state index < -0.39 is 11.7 Å². The topological polar surface area (TPSA) is 43.7 Å². The molecule has 1 heterocycles. The summed E-state index contributed by atoms with van der Waals surface area (Å²) < 4.78 is 0. The van der Waals surface area contributed by atoms with Crippen LogP contribution in [0.15, 0.2) is 0 Å². The van der Waals surface area contributed by atoms with Gasteiger partial charge in [0, 0.05) is 13.1 Å². The second-order valence-corrected chi connectivity index (χ2v) is 3.52. The second kappa shape index (κ2) is 3.09. The molecule has 0 saturated carbocycles. The van der Waals surface area contributed by atoms with Gasteiger partial charge in [-0.3, -0.25) is 0 Å². The van der Waals surface area contributed by atoms with Crippen molar-refractivity contribution in [2.75, 3.05) is 19.6 Å². The molecule has 0 unspecified atom stereocenters. The molecule has 1 aliphatic rings. The molecule has 0 aromatic carbocycles. The summed E-state index contributed by atoms with van der Waals surface area (Å²) >= 11 is 0. The minimum atomic E-state index is -0.869. The Bertz CT molecular complexity index is 136. The van der Waals surface area contributed by atoms with Gasteiger partial charge in [-0.2, -0.15) is 0 Å². The largest absolute Gasteiger partial charge is 0.389 e. The van der Waals surface area contributed by atoms with Gasteiger partial charge in [-0.15, -0.1) is 0 Å². The Morgan fingerprint density at radius 3 is 2.73 bits per heavy atom. The molecule has 3 heteroatoms. The van der Waals surface area contributed by atoms with Crippen LogP contribution in [0.25, 0.3) is 0 Å². The summed E-state index contributed by atoms with van der Waals surface area (Å²) in [6.45, 7) is 6.20. The van der Waals surface area contributed by atoms with Crippen LogP contribution < -0.4 is 0 Å². The summed E-state index contributed by atoms with van der Waals surface area (Å²) in [6.07, 6.45) is 0.0818. The maximum atomic E-state index is 9.58. The molecule has 3 nitrogen and oxygen atoms in total. The molecule has 2 atom stereocenters. The highest BCUT2D eigenvalue weighted by Gasteiger charge is 2.35. The van der Waals surface area contributed by atoms with Crippen molar-refractivity contribution in [1.29, 1.82) is 0 Å². The summed E-state index contributed by atoms with van der Waals surface area (Å²) in [5.74, 6) is 0. The molecule has 1 saturated heterocycles. The molecule has 0 aromatic rings. The standard InChI is InChI=1S/C8H17NO2/c1-3-9-5-4-8(2,11)7(10)6-9/h7,10-11H,3-6H2,1-2H3/t7-,8+/m1/s1. The molecule has 11 heavy (non-hydrogen) atoms. The summed E-state index contributed by atoms with van der Waals surface area (Å²) in [4.78, 5) is 2.14. The third-order valence-corrected chi connectivity index (χ3v) is 2.53. The van der Waals surface area contributed by atoms with Gasteiger partial charge in [-0.05, 0) is 19.9 Å². The highest BCUT2D eigenvalue weighted by Crippen LogP contribution is 2.21. The number of likely N-dealkylation sites (N-methyl/N-ethyl adjacent to an activating group) is 1. The van der Waals surface area contributed by atoms with E-state index in [-0.39, 0.29) is 0 Å². The van der Waals surface area contributed by atoms with Gasteiger partial charge in [0.25, 0.3) is 0 Å². The third-order valence-electron chi connectivity index (χ3n) is 2.53. The van der Waals surface area contributed by atoms with Crippen molar-refractivity contribution < 1.29 is 10.2 Å². The van der Waals surface area contributed by atoms with Gasteiger partial charge in [-0.25, -0.2) is 0 Å². The van der Waals surface area contributed by atoms with Crippen LogP contribution in [-0.2, 0) is 0 Å². The quantitative estimate of drug-likeness (QED) is 0.558. The second-order valence-electron chi connectivity index (χ2n) is 3.52. The zero-order chi connectivity index (χ0) is 8.48. The fourth-order valence-electron chi connectivity index (χ4n) is 1.37. The predicted octanol–water partition coefficient (Wildman–Crippen LogP) is -0.176. The average molecular weight is 159 g/mol. The summed E-state index contributed by atoms with van der Waals surface area (Å²) in [6, 6.07) is 0. The van der Waals surface area contributed by atoms with E-state index in [4.69, 9.17) is 0 Å². The lowest BCUT2D eigenvalue weighted by Crippen LogP contribution is -2.53. The first-order chi connectivity index (χ1) is 5.06. The number of β-amino-alcohol motifs (C(OH)–C–C–N with tert-alkyl or cyclic N) is 1. The monoisotopic (exact) mass is 159 g/mol. The van der Waals surface area contributed by atoms with Gasteiger partial charge in [0.05, 0.1) is 11.7 Å². The highest BCUT2D eigenvalue weighted by molar-refractivity contribution is 4.89. The molecule has 1 aliphatic heterocycles. The molecule has 0 aromatic heterocycles. The van der Waals surface area contributed by atoms with Crippen molar-refractivity contribution in [3.05, 3.63) is 0 Å². The number of piperidine rings is 1. The van der Waals surface area contributed by atoms with Crippen LogP contribution in [0.4, 0.5) is 0 Å². The lowest BCUT2D eigenvalue weighted by molar-refractivity contribution is -0.106. The summed E-state index contributed by atoms with van der Waals surface area (Å²) in [5, 5.41) is 19.0. The molecule has 0 spiro atoms. The number of hydrogen-bond donors (Lipinski definition) is 2. The van der Waals surface area contributed by atoms with Crippen molar-refractivity contribution in [2.45, 2.75) is 32.0 Å². The number of nitrogens with zero attached hydrogens (tertiary/aromatic N) is 1. The first-order valence-electron chi connectivity index (χ1n) is 4.19. The third kappa shape index (κ3) is 1.92. The minimum Gasteiger partial charge on any atom is -0.389 e. The van der Waals surface area contributed by atoms with E-state index in [1.807, 2.05) is 0 Å². The Morgan fingerprint density at radius 1 is 1.64 bits per heavy atom. The Balaban J connectivity index is 2.48. The smallest absolute Gasteiger partial charge is 0.0951 e. The van der Waals surface area contributed by atoms with Gasteiger partial charge in [-0.1, -0.05) is 6.92 Å². The molecule has 1 fully saturated rings. The van der Waals surface area contributed by atoms with Crippen LogP contribution in [0, 0.1) is 0 Å². The van der Waals surface area contributed by atoms with E-state index in [9.17, 15) is 10.2 Å². The van der Waals surface area contributed by atoms with E-state index in [1.54, 1.807) is 6.92 Å². The van der Waals surface area contributed by atoms with E-state index in [1.165, 1.54) is 0 Å². The van der Waals surface area contributed by atoms with E-state index in [0.717, 1.165) is 13.1 Å². The molecule has 2 N–H and O–H groups in total. The first-order valence-corrected chi connectivity index (χ1v) is 4.19. The van der Waals surface area contributed by atoms with Crippen LogP contribution >= 0.6 is 0 Å². The van der Waals surface area contributed by atoms with Crippen LogP contribution in [-0.4, -0.2) is 46.5 Å². The molecule has 66 valence electrons. The molecule has 0 bridgehead atoms. The summed E-state index contributed by atoms with van der Waals surface area (Å²) in [7, 11) is 0. The van der Waals surface area contributed by atoms with Crippen LogP contribution in [0.1, 0.15) is 20.3 Å². The minimum absolute atomic E-state index is 0.587. The maximum Gasteiger partial charge on any atom is 0.0951 e. The molecule has 0 amide bonds. The number of aliphatic hydroxyl groups is 2. The van der Waals surface area contributed by atoms with Gasteiger partial charge in [0.15, 0.2) is 0 Å². The first kappa shape index (κ1) is 8.97. The van der Waals surface area contributed by atoms with Gasteiger partial charge >= 0.3 is 0 Å². The lowest BCUT2D eigenvalue weighted by Gasteiger charge is -2.39. The van der Waals surface area contributed by atoms with Gasteiger partial charge in [0.2, 0.25) is 0 Å². The van der Waals surface area contributed by atoms with Gasteiger partial charge in [0.1, 0.15) is 0 Å². The summed E-state index contributed by atoms with van der Waals surface area (Å²) in [5.41, 5.74) is -0.869. The number of hydrogen-bond acceptors (Lipinski definition) is 3. The molecule has 1 rings (SSSR count). The van der Waals surface area contributed by atoms with Crippen LogP contribution in [0.3, 0.4) is 0 Å². The fraction of sp³-hybridized carbons (Fsp3) is 1.00. The average Bonchev–Trinajstić information content (AvgIpc) is 1.95. The zero-order valence-electron chi connectivity index (χ0n) is 7.25. The lowest BCUT2D eigenvalue weighted by atomic mass is 9.91. The fourth-order valence-corrected chi connectivity index (χ4v) is 1.37. The van der Waals surface area contributed by atoms with Crippen molar-refractivity contribution in [3.63, 3.8) is 0 Å². The van der Waals surface area contributed by atoms with Crippen molar-refractivity contribution in [2.24, 2.45) is 0 Å². The van der Waals surface area contributed by atoms with E-state index in [0.29, 0.717) is 13.0 Å². The highest BCUT2D eigenvalue weighted by atomic mass is 16.3. The molecular weight excluding hydrogens is 142 g/mol. The normalized spacial score (nSPS) is 40.9. The van der Waals surface area contributed by atoms with Gasteiger partial charge < -0.3 is 15.1 Å². The zero-order valence-corrected chi connectivity index (χ0v) is 7.25. The number of rotatable bonds is 1. The Labute approximate surface area is 67.6 Å². The molecule has 0 radical (unpaired) electrons. The van der Waals surface area contributed by atoms with Crippen LogP contribution in [0.2, 0.25) is 0 Å². The molecular formula is C8H17NO2. The number of likely N-dealkylation sites (tertiary alicyclic amines) is 1. The Hall–Kier alpha value is -0.120. The molecule has 0 aliphatic carbocycles.